The molecule has 0 atom stereocenters. The molecule has 1 nitrogen and oxygen atoms in total. The van der Waals surface area contributed by atoms with Crippen molar-refractivity contribution in [3.63, 3.8) is 0 Å². The Morgan fingerprint density at radius 1 is 0.561 bits per heavy atom. The number of hydrogen-bond donors (Lipinski definition) is 1. The molecule has 0 saturated heterocycles. The van der Waals surface area contributed by atoms with Gasteiger partial charge >= 0.3 is 0 Å². The fourth-order valence-electron chi connectivity index (χ4n) is 6.22. The van der Waals surface area contributed by atoms with E-state index in [4.69, 9.17) is 5.73 Å². The minimum Gasteiger partial charge on any atom is -0.398 e. The van der Waals surface area contributed by atoms with Gasteiger partial charge in [0, 0.05) is 11.3 Å². The zero-order chi connectivity index (χ0) is 27.9. The number of nitrogens with two attached hydrogens (primary N) is 1. The van der Waals surface area contributed by atoms with Crippen molar-refractivity contribution in [1.82, 2.24) is 0 Å². The Morgan fingerprint density at radius 2 is 1.12 bits per heavy atom. The summed E-state index contributed by atoms with van der Waals surface area (Å²) in [7, 11) is 0. The molecule has 0 radical (unpaired) electrons. The maximum atomic E-state index is 6.80. The zero-order valence-corrected chi connectivity index (χ0v) is 23.4. The van der Waals surface area contributed by atoms with Gasteiger partial charge in [0.2, 0.25) is 0 Å². The summed E-state index contributed by atoms with van der Waals surface area (Å²) in [6, 6.07) is 44.2. The van der Waals surface area contributed by atoms with Crippen LogP contribution in [0.3, 0.4) is 0 Å². The lowest BCUT2D eigenvalue weighted by Crippen LogP contribution is -2.00. The van der Waals surface area contributed by atoms with Crippen LogP contribution in [0.4, 0.5) is 0 Å². The van der Waals surface area contributed by atoms with Crippen molar-refractivity contribution in [1.29, 1.82) is 0 Å². The van der Waals surface area contributed by atoms with Crippen LogP contribution in [0.2, 0.25) is 0 Å². The Morgan fingerprint density at radius 3 is 1.71 bits per heavy atom. The SMILES string of the molecule is C/C=C\C=C(/N)c1cc(-c2cc(-c3ccccc3)cc(-c3ccccc3)c2)c2ccc3cc(C)cc4ccc1c2c43. The first-order chi connectivity index (χ1) is 20.1. The molecule has 0 aliphatic heterocycles. The molecule has 0 aliphatic carbocycles. The van der Waals surface area contributed by atoms with Crippen LogP contribution >= 0.6 is 0 Å². The Balaban J connectivity index is 1.60. The monoisotopic (exact) mass is 525 g/mol. The second-order valence-electron chi connectivity index (χ2n) is 10.8. The lowest BCUT2D eigenvalue weighted by molar-refractivity contribution is 1.52. The predicted octanol–water partition coefficient (Wildman–Crippen LogP) is 10.8. The third kappa shape index (κ3) is 4.37. The molecule has 0 saturated carbocycles. The molecule has 196 valence electrons. The van der Waals surface area contributed by atoms with E-state index in [2.05, 4.69) is 128 Å². The average Bonchev–Trinajstić information content (AvgIpc) is 3.02. The van der Waals surface area contributed by atoms with Crippen LogP contribution in [-0.2, 0) is 0 Å². The molecule has 0 aromatic heterocycles. The van der Waals surface area contributed by atoms with Gasteiger partial charge in [0.15, 0.2) is 0 Å². The van der Waals surface area contributed by atoms with E-state index in [9.17, 15) is 0 Å². The molecule has 7 rings (SSSR count). The summed E-state index contributed by atoms with van der Waals surface area (Å²) in [5.41, 5.74) is 17.1. The maximum Gasteiger partial charge on any atom is 0.0394 e. The van der Waals surface area contributed by atoms with Gasteiger partial charge < -0.3 is 5.73 Å². The Kier molecular flexibility index (Phi) is 6.14. The lowest BCUT2D eigenvalue weighted by atomic mass is 9.85. The van der Waals surface area contributed by atoms with Crippen molar-refractivity contribution < 1.29 is 0 Å². The van der Waals surface area contributed by atoms with Crippen molar-refractivity contribution in [2.45, 2.75) is 13.8 Å². The van der Waals surface area contributed by atoms with Gasteiger partial charge in [0.25, 0.3) is 0 Å². The van der Waals surface area contributed by atoms with Crippen molar-refractivity contribution in [2.75, 3.05) is 0 Å². The van der Waals surface area contributed by atoms with Gasteiger partial charge in [-0.2, -0.15) is 0 Å². The number of hydrogen-bond acceptors (Lipinski definition) is 1. The molecule has 0 aliphatic rings. The van der Waals surface area contributed by atoms with Gasteiger partial charge in [-0.15, -0.1) is 0 Å². The molecule has 1 heteroatoms. The van der Waals surface area contributed by atoms with Crippen LogP contribution in [0.25, 0.3) is 71.4 Å². The fourth-order valence-corrected chi connectivity index (χ4v) is 6.22. The van der Waals surface area contributed by atoms with E-state index in [-0.39, 0.29) is 0 Å². The standard InChI is InChI=1S/C40H31N/c1-3-4-15-38(41)37-25-36(34-18-16-29-20-26(2)21-30-17-19-35(37)40(34)39(29)30)33-23-31(27-11-7-5-8-12-27)22-32(24-33)28-13-9-6-10-14-28/h3-25H,41H2,1-2H3/b4-3-,38-15-. The molecule has 0 amide bonds. The molecule has 2 N–H and O–H groups in total. The lowest BCUT2D eigenvalue weighted by Gasteiger charge is -2.19. The molecule has 0 spiro atoms. The van der Waals surface area contributed by atoms with Gasteiger partial charge in [-0.3, -0.25) is 0 Å². The summed E-state index contributed by atoms with van der Waals surface area (Å²) in [4.78, 5) is 0. The molecule has 7 aromatic rings. The van der Waals surface area contributed by atoms with E-state index in [1.807, 2.05) is 25.2 Å². The highest BCUT2D eigenvalue weighted by Gasteiger charge is 2.18. The van der Waals surface area contributed by atoms with Crippen LogP contribution in [0.15, 0.2) is 140 Å². The number of aryl methyl sites for hydroxylation is 1. The summed E-state index contributed by atoms with van der Waals surface area (Å²) in [6.45, 7) is 4.19. The number of allylic oxidation sites excluding steroid dienone is 3. The second kappa shape index (κ2) is 10.1. The summed E-state index contributed by atoms with van der Waals surface area (Å²) in [5, 5.41) is 7.53. The van der Waals surface area contributed by atoms with Crippen molar-refractivity contribution in [3.8, 4) is 33.4 Å². The smallest absolute Gasteiger partial charge is 0.0394 e. The zero-order valence-electron chi connectivity index (χ0n) is 23.4. The molecule has 7 aromatic carbocycles. The maximum absolute atomic E-state index is 6.80. The molecular formula is C40H31N. The molecule has 0 unspecified atom stereocenters. The Bertz CT molecular complexity index is 2020. The summed E-state index contributed by atoms with van der Waals surface area (Å²) >= 11 is 0. The van der Waals surface area contributed by atoms with E-state index in [0.29, 0.717) is 0 Å². The first-order valence-corrected chi connectivity index (χ1v) is 14.2. The van der Waals surface area contributed by atoms with Gasteiger partial charge in [-0.25, -0.2) is 0 Å². The highest BCUT2D eigenvalue weighted by Crippen LogP contribution is 2.44. The van der Waals surface area contributed by atoms with Crippen LogP contribution < -0.4 is 5.73 Å². The molecule has 41 heavy (non-hydrogen) atoms. The van der Waals surface area contributed by atoms with Crippen molar-refractivity contribution in [2.24, 2.45) is 5.73 Å². The molecule has 0 fully saturated rings. The third-order valence-corrected chi connectivity index (χ3v) is 8.10. The minimum atomic E-state index is 0.765. The van der Waals surface area contributed by atoms with E-state index >= 15 is 0 Å². The second-order valence-corrected chi connectivity index (χ2v) is 10.8. The van der Waals surface area contributed by atoms with Gasteiger partial charge in [-0.05, 0) is 115 Å². The first-order valence-electron chi connectivity index (χ1n) is 14.2. The van der Waals surface area contributed by atoms with Crippen LogP contribution in [0.1, 0.15) is 18.1 Å². The van der Waals surface area contributed by atoms with Gasteiger partial charge in [0.05, 0.1) is 0 Å². The van der Waals surface area contributed by atoms with Crippen LogP contribution in [-0.4, -0.2) is 0 Å². The molecular weight excluding hydrogens is 494 g/mol. The summed E-state index contributed by atoms with van der Waals surface area (Å²) < 4.78 is 0. The van der Waals surface area contributed by atoms with Crippen molar-refractivity contribution in [3.05, 3.63) is 151 Å². The highest BCUT2D eigenvalue weighted by molar-refractivity contribution is 6.27. The van der Waals surface area contributed by atoms with Gasteiger partial charge in [0.1, 0.15) is 0 Å². The van der Waals surface area contributed by atoms with E-state index in [0.717, 1.165) is 11.3 Å². The number of benzene rings is 7. The summed E-state index contributed by atoms with van der Waals surface area (Å²) in [6.07, 6.45) is 6.04. The fraction of sp³-hybridized carbons (Fsp3) is 0.0500. The van der Waals surface area contributed by atoms with Crippen molar-refractivity contribution >= 4 is 38.0 Å². The van der Waals surface area contributed by atoms with E-state index in [1.54, 1.807) is 0 Å². The van der Waals surface area contributed by atoms with E-state index < -0.39 is 0 Å². The highest BCUT2D eigenvalue weighted by atomic mass is 14.6. The molecule has 0 heterocycles. The van der Waals surface area contributed by atoms with Crippen LogP contribution in [0, 0.1) is 6.92 Å². The largest absolute Gasteiger partial charge is 0.398 e. The topological polar surface area (TPSA) is 26.0 Å². The average molecular weight is 526 g/mol. The number of rotatable bonds is 5. The first kappa shape index (κ1) is 24.9. The predicted molar refractivity (Wildman–Crippen MR) is 178 cm³/mol. The quantitative estimate of drug-likeness (QED) is 0.175. The normalized spacial score (nSPS) is 12.3. The Hall–Kier alpha value is -5.14. The minimum absolute atomic E-state index is 0.765. The van der Waals surface area contributed by atoms with E-state index in [1.165, 1.54) is 71.3 Å². The molecule has 0 bridgehead atoms. The van der Waals surface area contributed by atoms with Crippen LogP contribution in [0.5, 0.6) is 0 Å². The third-order valence-electron chi connectivity index (χ3n) is 8.10. The van der Waals surface area contributed by atoms with Gasteiger partial charge in [-0.1, -0.05) is 109 Å². The Labute approximate surface area is 241 Å². The summed E-state index contributed by atoms with van der Waals surface area (Å²) in [5.74, 6) is 0.